The Morgan fingerprint density at radius 2 is 1.88 bits per heavy atom. The predicted octanol–water partition coefficient (Wildman–Crippen LogP) is 4.15. The van der Waals surface area contributed by atoms with Crippen LogP contribution in [-0.2, 0) is 27.2 Å². The average Bonchev–Trinajstić information content (AvgIpc) is 3.51. The molecule has 1 saturated carbocycles. The molecule has 0 saturated heterocycles. The number of H-pyrrole nitrogens is 1. The number of nitrogens with one attached hydrogen (secondary N) is 2. The number of imidazole rings is 1. The maximum absolute atomic E-state index is 14.1. The number of allylic oxidation sites excluding steroid dienone is 1. The standard InChI is InChI=1S/C33H49N5O5/c1-5-25(22(2)3)18-29(39)27(16-23-12-8-6-9-13-23)37-31(40)28(19-26-20-35-21-36-26)38(4)32(41)30(43-33(34)42)17-24-14-10-7-11-15-24/h5,7,10-11,14-15,20-23,25,27-30,39H,1,6,8-9,12-13,16-19H2,2-4H3,(H2,34,42)(H,35,36)(H,37,40)/t25-,27-,28+,29+,30-/m0/s1. The van der Waals surface area contributed by atoms with E-state index in [2.05, 4.69) is 35.7 Å². The number of hydrogen-bond donors (Lipinski definition) is 4. The number of ether oxygens (including phenoxy) is 1. The highest BCUT2D eigenvalue weighted by molar-refractivity contribution is 5.90. The fraction of sp³-hybridized carbons (Fsp3) is 0.576. The Morgan fingerprint density at radius 1 is 1.19 bits per heavy atom. The van der Waals surface area contributed by atoms with Crippen LogP contribution in [0.3, 0.4) is 0 Å². The van der Waals surface area contributed by atoms with Crippen LogP contribution < -0.4 is 11.1 Å². The summed E-state index contributed by atoms with van der Waals surface area (Å²) in [5.41, 5.74) is 6.77. The second kappa shape index (κ2) is 16.8. The van der Waals surface area contributed by atoms with Gasteiger partial charge in [0.05, 0.1) is 18.5 Å². The number of aromatic nitrogens is 2. The van der Waals surface area contributed by atoms with Crippen LogP contribution in [0.2, 0.25) is 0 Å². The summed E-state index contributed by atoms with van der Waals surface area (Å²) in [4.78, 5) is 48.0. The molecule has 0 bridgehead atoms. The van der Waals surface area contributed by atoms with Gasteiger partial charge < -0.3 is 30.8 Å². The number of amides is 3. The Bertz CT molecular complexity index is 1150. The summed E-state index contributed by atoms with van der Waals surface area (Å²) < 4.78 is 5.25. The van der Waals surface area contributed by atoms with Crippen molar-refractivity contribution in [2.75, 3.05) is 7.05 Å². The van der Waals surface area contributed by atoms with Gasteiger partial charge in [-0.15, -0.1) is 6.58 Å². The van der Waals surface area contributed by atoms with Crippen molar-refractivity contribution >= 4 is 17.9 Å². The zero-order chi connectivity index (χ0) is 31.4. The zero-order valence-electron chi connectivity index (χ0n) is 25.8. The summed E-state index contributed by atoms with van der Waals surface area (Å²) in [6.07, 6.45) is 8.92. The zero-order valence-corrected chi connectivity index (χ0v) is 25.8. The van der Waals surface area contributed by atoms with E-state index in [0.717, 1.165) is 31.2 Å². The van der Waals surface area contributed by atoms with Gasteiger partial charge in [-0.2, -0.15) is 0 Å². The topological polar surface area (TPSA) is 151 Å². The Hall–Kier alpha value is -3.66. The molecule has 0 radical (unpaired) electrons. The van der Waals surface area contributed by atoms with Crippen LogP contribution in [0.25, 0.3) is 0 Å². The molecular formula is C33H49N5O5. The van der Waals surface area contributed by atoms with Crippen LogP contribution in [0.5, 0.6) is 0 Å². The molecule has 1 heterocycles. The van der Waals surface area contributed by atoms with Crippen molar-refractivity contribution in [1.82, 2.24) is 20.2 Å². The van der Waals surface area contributed by atoms with E-state index in [4.69, 9.17) is 10.5 Å². The number of likely N-dealkylation sites (N-methyl/N-ethyl adjacent to an activating group) is 1. The Labute approximate surface area is 255 Å². The summed E-state index contributed by atoms with van der Waals surface area (Å²) in [5, 5.41) is 14.6. The highest BCUT2D eigenvalue weighted by Crippen LogP contribution is 2.30. The number of primary amides is 1. The third-order valence-corrected chi connectivity index (χ3v) is 8.66. The van der Waals surface area contributed by atoms with Crippen molar-refractivity contribution in [3.8, 4) is 0 Å². The number of rotatable bonds is 16. The van der Waals surface area contributed by atoms with Gasteiger partial charge in [-0.3, -0.25) is 9.59 Å². The molecule has 0 aliphatic heterocycles. The van der Waals surface area contributed by atoms with Gasteiger partial charge in [-0.25, -0.2) is 9.78 Å². The molecule has 3 amide bonds. The molecule has 0 unspecified atom stereocenters. The fourth-order valence-corrected chi connectivity index (χ4v) is 6.00. The summed E-state index contributed by atoms with van der Waals surface area (Å²) in [6, 6.07) is 7.69. The number of carbonyl (C=O) groups excluding carboxylic acids is 3. The van der Waals surface area contributed by atoms with E-state index >= 15 is 0 Å². The summed E-state index contributed by atoms with van der Waals surface area (Å²) in [5.74, 6) is -0.169. The molecule has 0 spiro atoms. The van der Waals surface area contributed by atoms with Crippen LogP contribution in [0.1, 0.15) is 70.1 Å². The maximum Gasteiger partial charge on any atom is 0.405 e. The van der Waals surface area contributed by atoms with Gasteiger partial charge in [0.15, 0.2) is 6.10 Å². The number of aliphatic hydroxyl groups is 1. The molecule has 2 aromatic rings. The van der Waals surface area contributed by atoms with Gasteiger partial charge in [0, 0.05) is 31.8 Å². The van der Waals surface area contributed by atoms with E-state index in [1.807, 2.05) is 36.4 Å². The first-order valence-electron chi connectivity index (χ1n) is 15.4. The van der Waals surface area contributed by atoms with Gasteiger partial charge in [0.1, 0.15) is 6.04 Å². The normalized spacial score (nSPS) is 17.3. The molecule has 236 valence electrons. The van der Waals surface area contributed by atoms with E-state index in [-0.39, 0.29) is 18.8 Å². The second-order valence-corrected chi connectivity index (χ2v) is 12.2. The molecule has 10 heteroatoms. The minimum Gasteiger partial charge on any atom is -0.436 e. The van der Waals surface area contributed by atoms with Crippen molar-refractivity contribution in [2.24, 2.45) is 23.5 Å². The fourth-order valence-electron chi connectivity index (χ4n) is 6.00. The van der Waals surface area contributed by atoms with E-state index in [1.54, 1.807) is 6.20 Å². The largest absolute Gasteiger partial charge is 0.436 e. The average molecular weight is 596 g/mol. The molecule has 1 fully saturated rings. The van der Waals surface area contributed by atoms with E-state index < -0.39 is 42.2 Å². The first-order chi connectivity index (χ1) is 20.6. The quantitative estimate of drug-likeness (QED) is 0.214. The van der Waals surface area contributed by atoms with Gasteiger partial charge >= 0.3 is 6.09 Å². The van der Waals surface area contributed by atoms with Gasteiger partial charge in [-0.05, 0) is 36.2 Å². The van der Waals surface area contributed by atoms with E-state index in [1.165, 1.54) is 24.7 Å². The van der Waals surface area contributed by atoms with E-state index in [9.17, 15) is 19.5 Å². The second-order valence-electron chi connectivity index (χ2n) is 12.2. The molecule has 1 aromatic heterocycles. The molecule has 1 aromatic carbocycles. The van der Waals surface area contributed by atoms with Crippen LogP contribution >= 0.6 is 0 Å². The molecule has 5 N–H and O–H groups in total. The summed E-state index contributed by atoms with van der Waals surface area (Å²) in [6.45, 7) is 8.14. The van der Waals surface area contributed by atoms with Crippen molar-refractivity contribution in [2.45, 2.75) is 95.9 Å². The van der Waals surface area contributed by atoms with E-state index in [0.29, 0.717) is 30.4 Å². The maximum atomic E-state index is 14.1. The van der Waals surface area contributed by atoms with Crippen molar-refractivity contribution in [3.05, 3.63) is 66.8 Å². The van der Waals surface area contributed by atoms with Crippen LogP contribution in [0.15, 0.2) is 55.5 Å². The van der Waals surface area contributed by atoms with Crippen LogP contribution in [0, 0.1) is 17.8 Å². The smallest absolute Gasteiger partial charge is 0.405 e. The number of aromatic amines is 1. The lowest BCUT2D eigenvalue weighted by Crippen LogP contribution is -2.56. The molecule has 43 heavy (non-hydrogen) atoms. The lowest BCUT2D eigenvalue weighted by Gasteiger charge is -2.35. The van der Waals surface area contributed by atoms with Crippen LogP contribution in [0.4, 0.5) is 4.79 Å². The van der Waals surface area contributed by atoms with Gasteiger partial charge in [0.25, 0.3) is 5.91 Å². The minimum absolute atomic E-state index is 0.0930. The third kappa shape index (κ3) is 10.5. The summed E-state index contributed by atoms with van der Waals surface area (Å²) in [7, 11) is 1.52. The molecular weight excluding hydrogens is 546 g/mol. The predicted molar refractivity (Wildman–Crippen MR) is 166 cm³/mol. The number of nitrogens with zero attached hydrogens (tertiary/aromatic N) is 2. The molecule has 1 aliphatic rings. The molecule has 5 atom stereocenters. The summed E-state index contributed by atoms with van der Waals surface area (Å²) >= 11 is 0. The van der Waals surface area contributed by atoms with Crippen molar-refractivity contribution < 1.29 is 24.2 Å². The lowest BCUT2D eigenvalue weighted by molar-refractivity contribution is -0.146. The minimum atomic E-state index is -1.22. The van der Waals surface area contributed by atoms with Crippen molar-refractivity contribution in [3.63, 3.8) is 0 Å². The van der Waals surface area contributed by atoms with Gasteiger partial charge in [0.2, 0.25) is 5.91 Å². The van der Waals surface area contributed by atoms with Crippen molar-refractivity contribution in [1.29, 1.82) is 0 Å². The number of hydrogen-bond acceptors (Lipinski definition) is 6. The Balaban J connectivity index is 1.86. The number of carbonyl (C=O) groups is 3. The van der Waals surface area contributed by atoms with Crippen LogP contribution in [-0.4, -0.2) is 69.2 Å². The first kappa shape index (κ1) is 33.8. The molecule has 3 rings (SSSR count). The number of aliphatic hydroxyl groups excluding tert-OH is 1. The first-order valence-corrected chi connectivity index (χ1v) is 15.4. The molecule has 1 aliphatic carbocycles. The van der Waals surface area contributed by atoms with Gasteiger partial charge in [-0.1, -0.05) is 82.4 Å². The SMILES string of the molecule is C=C[C@@H](C[C@@H](O)[C@H](CC1CCCCC1)NC(=O)[C@@H](Cc1cnc[nH]1)N(C)C(=O)[C@H](Cc1ccccc1)OC(N)=O)C(C)C. The number of nitrogens with two attached hydrogens (primary N) is 1. The highest BCUT2D eigenvalue weighted by Gasteiger charge is 2.36. The highest BCUT2D eigenvalue weighted by atomic mass is 16.6. The lowest BCUT2D eigenvalue weighted by atomic mass is 9.81. The third-order valence-electron chi connectivity index (χ3n) is 8.66. The monoisotopic (exact) mass is 595 g/mol. The Morgan fingerprint density at radius 3 is 2.47 bits per heavy atom. The number of benzene rings is 1. The molecule has 10 nitrogen and oxygen atoms in total. The Kier molecular flexibility index (Phi) is 13.3.